The summed E-state index contributed by atoms with van der Waals surface area (Å²) in [5.41, 5.74) is 0.405. The van der Waals surface area contributed by atoms with Crippen LogP contribution in [0.25, 0.3) is 0 Å². The lowest BCUT2D eigenvalue weighted by Gasteiger charge is -2.20. The van der Waals surface area contributed by atoms with E-state index in [0.717, 1.165) is 6.42 Å². The zero-order chi connectivity index (χ0) is 13.7. The second kappa shape index (κ2) is 5.95. The Hall–Kier alpha value is -2.18. The van der Waals surface area contributed by atoms with Crippen molar-refractivity contribution in [3.8, 4) is 0 Å². The molecule has 1 aromatic rings. The number of carboxylic acids is 1. The number of carbonyl (C=O) groups is 1. The number of carboxylic acid groups (broad SMARTS) is 1. The summed E-state index contributed by atoms with van der Waals surface area (Å²) in [5, 5.41) is 19.6. The summed E-state index contributed by atoms with van der Waals surface area (Å²) in [6, 6.07) is 1.31. The van der Waals surface area contributed by atoms with Gasteiger partial charge in [0.2, 0.25) is 0 Å². The first-order chi connectivity index (χ1) is 8.45. The summed E-state index contributed by atoms with van der Waals surface area (Å²) in [6.45, 7) is 3.76. The van der Waals surface area contributed by atoms with Gasteiger partial charge in [0.1, 0.15) is 12.4 Å². The standard InChI is InChI=1S/C11H15N3O4/c1-3-4-13(7-11(15)16)10-5-9(14(17)18)8(2)6-12-10/h5-6H,3-4,7H2,1-2H3,(H,15,16). The normalized spacial score (nSPS) is 10.1. The fraction of sp³-hybridized carbons (Fsp3) is 0.455. The van der Waals surface area contributed by atoms with Crippen LogP contribution in [0.1, 0.15) is 18.9 Å². The average molecular weight is 253 g/mol. The number of aromatic nitrogens is 1. The van der Waals surface area contributed by atoms with Crippen LogP contribution in [-0.2, 0) is 4.79 Å². The van der Waals surface area contributed by atoms with Crippen molar-refractivity contribution in [2.45, 2.75) is 20.3 Å². The molecule has 0 saturated heterocycles. The van der Waals surface area contributed by atoms with Crippen molar-refractivity contribution in [2.24, 2.45) is 0 Å². The molecule has 1 rings (SSSR count). The van der Waals surface area contributed by atoms with Crippen LogP contribution in [0, 0.1) is 17.0 Å². The fourth-order valence-corrected chi connectivity index (χ4v) is 1.58. The molecule has 0 bridgehead atoms. The van der Waals surface area contributed by atoms with Gasteiger partial charge < -0.3 is 10.0 Å². The fourth-order valence-electron chi connectivity index (χ4n) is 1.58. The van der Waals surface area contributed by atoms with Crippen molar-refractivity contribution >= 4 is 17.5 Å². The number of nitro groups is 1. The van der Waals surface area contributed by atoms with Crippen LogP contribution in [0.5, 0.6) is 0 Å². The Bertz CT molecular complexity index is 462. The van der Waals surface area contributed by atoms with E-state index in [1.165, 1.54) is 17.2 Å². The molecule has 18 heavy (non-hydrogen) atoms. The molecule has 0 spiro atoms. The SMILES string of the molecule is CCCN(CC(=O)O)c1cc([N+](=O)[O-])c(C)cn1. The maximum absolute atomic E-state index is 10.8. The molecule has 1 aromatic heterocycles. The van der Waals surface area contributed by atoms with Crippen molar-refractivity contribution in [1.82, 2.24) is 4.98 Å². The van der Waals surface area contributed by atoms with Crippen LogP contribution < -0.4 is 4.90 Å². The smallest absolute Gasteiger partial charge is 0.323 e. The Balaban J connectivity index is 3.08. The van der Waals surface area contributed by atoms with Gasteiger partial charge in [0.25, 0.3) is 5.69 Å². The second-order valence-electron chi connectivity index (χ2n) is 3.90. The van der Waals surface area contributed by atoms with Gasteiger partial charge in [-0.05, 0) is 13.3 Å². The first-order valence-corrected chi connectivity index (χ1v) is 5.53. The van der Waals surface area contributed by atoms with Crippen molar-refractivity contribution in [3.05, 3.63) is 27.9 Å². The molecule has 0 aliphatic carbocycles. The number of aliphatic carboxylic acids is 1. The van der Waals surface area contributed by atoms with Gasteiger partial charge in [0.05, 0.1) is 11.0 Å². The molecule has 0 amide bonds. The van der Waals surface area contributed by atoms with Crippen molar-refractivity contribution in [2.75, 3.05) is 18.0 Å². The minimum absolute atomic E-state index is 0.0495. The molecule has 1 heterocycles. The number of hydrogen-bond acceptors (Lipinski definition) is 5. The van der Waals surface area contributed by atoms with Gasteiger partial charge in [-0.3, -0.25) is 14.9 Å². The third-order valence-electron chi connectivity index (χ3n) is 2.40. The van der Waals surface area contributed by atoms with Crippen LogP contribution >= 0.6 is 0 Å². The third-order valence-corrected chi connectivity index (χ3v) is 2.40. The van der Waals surface area contributed by atoms with Gasteiger partial charge in [0, 0.05) is 18.3 Å². The van der Waals surface area contributed by atoms with Gasteiger partial charge in [0.15, 0.2) is 0 Å². The van der Waals surface area contributed by atoms with E-state index in [0.29, 0.717) is 17.9 Å². The Kier molecular flexibility index (Phi) is 4.59. The number of anilines is 1. The molecule has 98 valence electrons. The van der Waals surface area contributed by atoms with Gasteiger partial charge in [-0.2, -0.15) is 0 Å². The summed E-state index contributed by atoms with van der Waals surface area (Å²) < 4.78 is 0. The Labute approximate surface area is 104 Å². The number of aryl methyl sites for hydroxylation is 1. The highest BCUT2D eigenvalue weighted by molar-refractivity contribution is 5.73. The molecule has 0 aliphatic rings. The Morgan fingerprint density at radius 2 is 2.28 bits per heavy atom. The largest absolute Gasteiger partial charge is 0.480 e. The van der Waals surface area contributed by atoms with Crippen LogP contribution in [0.4, 0.5) is 11.5 Å². The molecular formula is C11H15N3O4. The molecule has 0 saturated carbocycles. The predicted molar refractivity (Wildman–Crippen MR) is 65.8 cm³/mol. The minimum Gasteiger partial charge on any atom is -0.480 e. The highest BCUT2D eigenvalue weighted by Crippen LogP contribution is 2.22. The Morgan fingerprint density at radius 3 is 2.78 bits per heavy atom. The molecule has 0 atom stereocenters. The molecule has 0 aliphatic heterocycles. The topological polar surface area (TPSA) is 96.6 Å². The first kappa shape index (κ1) is 13.9. The molecule has 0 fully saturated rings. The number of nitrogens with zero attached hydrogens (tertiary/aromatic N) is 3. The summed E-state index contributed by atoms with van der Waals surface area (Å²) in [7, 11) is 0. The quantitative estimate of drug-likeness (QED) is 0.611. The first-order valence-electron chi connectivity index (χ1n) is 5.53. The van der Waals surface area contributed by atoms with E-state index in [4.69, 9.17) is 5.11 Å². The number of pyridine rings is 1. The Morgan fingerprint density at radius 1 is 1.61 bits per heavy atom. The lowest BCUT2D eigenvalue weighted by Crippen LogP contribution is -2.31. The summed E-state index contributed by atoms with van der Waals surface area (Å²) in [5.74, 6) is -0.676. The summed E-state index contributed by atoms with van der Waals surface area (Å²) in [6.07, 6.45) is 2.12. The zero-order valence-electron chi connectivity index (χ0n) is 10.3. The molecule has 0 aromatic carbocycles. The minimum atomic E-state index is -0.992. The van der Waals surface area contributed by atoms with E-state index in [1.54, 1.807) is 6.92 Å². The monoisotopic (exact) mass is 253 g/mol. The summed E-state index contributed by atoms with van der Waals surface area (Å²) in [4.78, 5) is 26.6. The van der Waals surface area contributed by atoms with Crippen LogP contribution in [-0.4, -0.2) is 34.1 Å². The molecule has 1 N–H and O–H groups in total. The van der Waals surface area contributed by atoms with Gasteiger partial charge in [-0.15, -0.1) is 0 Å². The van der Waals surface area contributed by atoms with Crippen molar-refractivity contribution in [3.63, 3.8) is 0 Å². The van der Waals surface area contributed by atoms with E-state index in [1.807, 2.05) is 6.92 Å². The van der Waals surface area contributed by atoms with E-state index in [9.17, 15) is 14.9 Å². The van der Waals surface area contributed by atoms with Crippen LogP contribution in [0.3, 0.4) is 0 Å². The van der Waals surface area contributed by atoms with E-state index < -0.39 is 10.9 Å². The highest BCUT2D eigenvalue weighted by atomic mass is 16.6. The summed E-state index contributed by atoms with van der Waals surface area (Å²) >= 11 is 0. The highest BCUT2D eigenvalue weighted by Gasteiger charge is 2.17. The molecular weight excluding hydrogens is 238 g/mol. The zero-order valence-corrected chi connectivity index (χ0v) is 10.3. The third kappa shape index (κ3) is 3.41. The molecule has 7 nitrogen and oxygen atoms in total. The van der Waals surface area contributed by atoms with Crippen molar-refractivity contribution in [1.29, 1.82) is 0 Å². The van der Waals surface area contributed by atoms with Crippen LogP contribution in [0.15, 0.2) is 12.3 Å². The van der Waals surface area contributed by atoms with Gasteiger partial charge in [-0.1, -0.05) is 6.92 Å². The maximum atomic E-state index is 10.8. The van der Waals surface area contributed by atoms with E-state index >= 15 is 0 Å². The van der Waals surface area contributed by atoms with Crippen LogP contribution in [0.2, 0.25) is 0 Å². The lowest BCUT2D eigenvalue weighted by molar-refractivity contribution is -0.385. The average Bonchev–Trinajstić information content (AvgIpc) is 2.28. The molecule has 7 heteroatoms. The number of rotatable bonds is 6. The maximum Gasteiger partial charge on any atom is 0.323 e. The second-order valence-corrected chi connectivity index (χ2v) is 3.90. The number of hydrogen-bond donors (Lipinski definition) is 1. The van der Waals surface area contributed by atoms with Gasteiger partial charge >= 0.3 is 5.97 Å². The van der Waals surface area contributed by atoms with E-state index in [-0.39, 0.29) is 12.2 Å². The van der Waals surface area contributed by atoms with Gasteiger partial charge in [-0.25, -0.2) is 4.98 Å². The molecule has 0 unspecified atom stereocenters. The van der Waals surface area contributed by atoms with E-state index in [2.05, 4.69) is 4.98 Å². The van der Waals surface area contributed by atoms with Crippen molar-refractivity contribution < 1.29 is 14.8 Å². The molecule has 0 radical (unpaired) electrons. The predicted octanol–water partition coefficient (Wildman–Crippen LogP) is 1.60. The lowest BCUT2D eigenvalue weighted by atomic mass is 10.2.